The highest BCUT2D eigenvalue weighted by Gasteiger charge is 2.53. The molecular formula is C23H31N3O. The van der Waals surface area contributed by atoms with Crippen LogP contribution < -0.4 is 5.32 Å². The first-order chi connectivity index (χ1) is 13.0. The Labute approximate surface area is 162 Å². The SMILES string of the molecule is Cc1nn(C[C@H](C)C(=O)N[C@@H]2[C@@H]3CCC[C@@H]3[C@H]2c2ccccc2)c(C)c1C. The molecule has 1 heterocycles. The lowest BCUT2D eigenvalue weighted by Crippen LogP contribution is -2.57. The summed E-state index contributed by atoms with van der Waals surface area (Å²) in [7, 11) is 0. The molecule has 1 aromatic carbocycles. The molecule has 0 spiro atoms. The zero-order valence-corrected chi connectivity index (χ0v) is 16.9. The maximum Gasteiger partial charge on any atom is 0.224 e. The Hall–Kier alpha value is -2.10. The minimum absolute atomic E-state index is 0.0840. The van der Waals surface area contributed by atoms with E-state index in [2.05, 4.69) is 54.6 Å². The van der Waals surface area contributed by atoms with E-state index in [-0.39, 0.29) is 17.9 Å². The van der Waals surface area contributed by atoms with E-state index in [0.717, 1.165) is 17.3 Å². The fourth-order valence-corrected chi connectivity index (χ4v) is 5.24. The van der Waals surface area contributed by atoms with E-state index < -0.39 is 0 Å². The van der Waals surface area contributed by atoms with Crippen molar-refractivity contribution in [3.05, 3.63) is 52.8 Å². The van der Waals surface area contributed by atoms with E-state index in [1.165, 1.54) is 30.4 Å². The van der Waals surface area contributed by atoms with Crippen molar-refractivity contribution in [2.24, 2.45) is 17.8 Å². The van der Waals surface area contributed by atoms with E-state index in [4.69, 9.17) is 0 Å². The second kappa shape index (κ2) is 7.14. The van der Waals surface area contributed by atoms with Crippen LogP contribution in [-0.2, 0) is 11.3 Å². The molecule has 2 aliphatic rings. The molecule has 1 N–H and O–H groups in total. The first-order valence-corrected chi connectivity index (χ1v) is 10.3. The molecule has 2 fully saturated rings. The van der Waals surface area contributed by atoms with E-state index in [0.29, 0.717) is 18.4 Å². The van der Waals surface area contributed by atoms with E-state index in [9.17, 15) is 4.79 Å². The fraction of sp³-hybridized carbons (Fsp3) is 0.565. The summed E-state index contributed by atoms with van der Waals surface area (Å²) in [6, 6.07) is 11.0. The predicted molar refractivity (Wildman–Crippen MR) is 108 cm³/mol. The summed E-state index contributed by atoms with van der Waals surface area (Å²) in [5.41, 5.74) is 4.82. The van der Waals surface area contributed by atoms with Gasteiger partial charge in [-0.2, -0.15) is 5.10 Å². The number of aryl methyl sites for hydroxylation is 1. The number of fused-ring (bicyclic) bond motifs is 1. The molecule has 27 heavy (non-hydrogen) atoms. The smallest absolute Gasteiger partial charge is 0.224 e. The zero-order valence-electron chi connectivity index (χ0n) is 16.9. The number of hydrogen-bond acceptors (Lipinski definition) is 2. The fourth-order valence-electron chi connectivity index (χ4n) is 5.24. The van der Waals surface area contributed by atoms with E-state index in [1.54, 1.807) is 0 Å². The molecule has 4 rings (SSSR count). The summed E-state index contributed by atoms with van der Waals surface area (Å²) in [5, 5.41) is 8.02. The molecule has 5 atom stereocenters. The van der Waals surface area contributed by atoms with Crippen LogP contribution in [0.1, 0.15) is 54.6 Å². The number of rotatable bonds is 5. The van der Waals surface area contributed by atoms with Crippen LogP contribution >= 0.6 is 0 Å². The Morgan fingerprint density at radius 1 is 1.19 bits per heavy atom. The van der Waals surface area contributed by atoms with Crippen molar-refractivity contribution in [1.82, 2.24) is 15.1 Å². The van der Waals surface area contributed by atoms with Gasteiger partial charge in [-0.25, -0.2) is 0 Å². The average molecular weight is 366 g/mol. The Morgan fingerprint density at radius 2 is 1.89 bits per heavy atom. The maximum absolute atomic E-state index is 13.0. The zero-order chi connectivity index (χ0) is 19.1. The van der Waals surface area contributed by atoms with Crippen molar-refractivity contribution < 1.29 is 4.79 Å². The molecule has 144 valence electrons. The standard InChI is InChI=1S/C23H31N3O/c1-14(13-26-17(4)15(2)16(3)25-26)23(27)24-22-20-12-8-11-19(20)21(22)18-9-6-5-7-10-18/h5-7,9-10,14,19-22H,8,11-13H2,1-4H3,(H,24,27)/t14-,19-,20+,21+,22+/m0/s1. The highest BCUT2D eigenvalue weighted by atomic mass is 16.2. The summed E-state index contributed by atoms with van der Waals surface area (Å²) in [4.78, 5) is 13.0. The molecule has 0 saturated heterocycles. The van der Waals surface area contributed by atoms with E-state index in [1.807, 2.05) is 18.5 Å². The summed E-state index contributed by atoms with van der Waals surface area (Å²) in [6.45, 7) is 8.87. The molecule has 2 aromatic rings. The molecule has 2 saturated carbocycles. The van der Waals surface area contributed by atoms with Crippen molar-refractivity contribution in [2.75, 3.05) is 0 Å². The second-order valence-electron chi connectivity index (χ2n) is 8.61. The van der Waals surface area contributed by atoms with Gasteiger partial charge in [-0.15, -0.1) is 0 Å². The molecule has 4 nitrogen and oxygen atoms in total. The van der Waals surface area contributed by atoms with Gasteiger partial charge < -0.3 is 5.32 Å². The van der Waals surface area contributed by atoms with Gasteiger partial charge in [-0.3, -0.25) is 9.48 Å². The number of hydrogen-bond donors (Lipinski definition) is 1. The van der Waals surface area contributed by atoms with Crippen molar-refractivity contribution in [3.63, 3.8) is 0 Å². The largest absolute Gasteiger partial charge is 0.352 e. The number of nitrogens with one attached hydrogen (secondary N) is 1. The third kappa shape index (κ3) is 3.19. The van der Waals surface area contributed by atoms with Crippen molar-refractivity contribution in [1.29, 1.82) is 0 Å². The third-order valence-electron chi connectivity index (χ3n) is 7.07. The van der Waals surface area contributed by atoms with Gasteiger partial charge in [0.1, 0.15) is 0 Å². The third-order valence-corrected chi connectivity index (χ3v) is 7.07. The van der Waals surface area contributed by atoms with Crippen molar-refractivity contribution in [3.8, 4) is 0 Å². The van der Waals surface area contributed by atoms with Crippen LogP contribution in [0.3, 0.4) is 0 Å². The summed E-state index contributed by atoms with van der Waals surface area (Å²) in [5.74, 6) is 1.95. The van der Waals surface area contributed by atoms with Gasteiger partial charge in [0.25, 0.3) is 0 Å². The first-order valence-electron chi connectivity index (χ1n) is 10.3. The van der Waals surface area contributed by atoms with Gasteiger partial charge in [0, 0.05) is 17.7 Å². The van der Waals surface area contributed by atoms with Crippen molar-refractivity contribution in [2.45, 2.75) is 65.5 Å². The molecule has 2 aliphatic carbocycles. The van der Waals surface area contributed by atoms with Crippen LogP contribution in [0.25, 0.3) is 0 Å². The molecule has 1 amide bonds. The second-order valence-corrected chi connectivity index (χ2v) is 8.61. The lowest BCUT2D eigenvalue weighted by atomic mass is 9.59. The van der Waals surface area contributed by atoms with Crippen molar-refractivity contribution >= 4 is 5.91 Å². The van der Waals surface area contributed by atoms with Crippen LogP contribution in [0.2, 0.25) is 0 Å². The molecule has 0 radical (unpaired) electrons. The van der Waals surface area contributed by atoms with Crippen LogP contribution in [0, 0.1) is 38.5 Å². The molecular weight excluding hydrogens is 334 g/mol. The predicted octanol–water partition coefficient (Wildman–Crippen LogP) is 4.14. The highest BCUT2D eigenvalue weighted by molar-refractivity contribution is 5.79. The number of carbonyl (C=O) groups excluding carboxylic acids is 1. The van der Waals surface area contributed by atoms with Crippen LogP contribution in [0.15, 0.2) is 30.3 Å². The number of benzene rings is 1. The van der Waals surface area contributed by atoms with Gasteiger partial charge in [0.2, 0.25) is 5.91 Å². The van der Waals surface area contributed by atoms with Crippen LogP contribution in [0.4, 0.5) is 0 Å². The Kier molecular flexibility index (Phi) is 4.83. The van der Waals surface area contributed by atoms with E-state index >= 15 is 0 Å². The topological polar surface area (TPSA) is 46.9 Å². The lowest BCUT2D eigenvalue weighted by Gasteiger charge is -2.50. The number of amides is 1. The summed E-state index contributed by atoms with van der Waals surface area (Å²) >= 11 is 0. The van der Waals surface area contributed by atoms with Gasteiger partial charge >= 0.3 is 0 Å². The van der Waals surface area contributed by atoms with Gasteiger partial charge in [0.05, 0.1) is 18.2 Å². The maximum atomic E-state index is 13.0. The average Bonchev–Trinajstić information content (AvgIpc) is 3.17. The van der Waals surface area contributed by atoms with Gasteiger partial charge in [-0.1, -0.05) is 43.7 Å². The van der Waals surface area contributed by atoms with Crippen LogP contribution in [-0.4, -0.2) is 21.7 Å². The lowest BCUT2D eigenvalue weighted by molar-refractivity contribution is -0.127. The number of nitrogens with zero attached hydrogens (tertiary/aromatic N) is 2. The minimum atomic E-state index is -0.0840. The normalized spacial score (nSPS) is 27.7. The molecule has 4 heteroatoms. The van der Waals surface area contributed by atoms with Crippen LogP contribution in [0.5, 0.6) is 0 Å². The number of aromatic nitrogens is 2. The Bertz CT molecular complexity index is 826. The molecule has 0 aliphatic heterocycles. The highest BCUT2D eigenvalue weighted by Crippen LogP contribution is 2.55. The Morgan fingerprint density at radius 3 is 2.56 bits per heavy atom. The quantitative estimate of drug-likeness (QED) is 0.865. The Balaban J connectivity index is 1.45. The summed E-state index contributed by atoms with van der Waals surface area (Å²) in [6.07, 6.45) is 3.85. The number of carbonyl (C=O) groups is 1. The first kappa shape index (κ1) is 18.3. The van der Waals surface area contributed by atoms with Gasteiger partial charge in [0.15, 0.2) is 0 Å². The summed E-state index contributed by atoms with van der Waals surface area (Å²) < 4.78 is 1.99. The molecule has 1 aromatic heterocycles. The minimum Gasteiger partial charge on any atom is -0.352 e. The molecule has 0 bridgehead atoms. The van der Waals surface area contributed by atoms with Gasteiger partial charge in [-0.05, 0) is 56.6 Å². The molecule has 0 unspecified atom stereocenters. The monoisotopic (exact) mass is 365 g/mol.